The van der Waals surface area contributed by atoms with Gasteiger partial charge in [-0.05, 0) is 196 Å². The molecular weight excluding hydrogens is 1740 g/mol. The molecule has 6 aliphatic rings. The van der Waals surface area contributed by atoms with Crippen molar-refractivity contribution in [3.05, 3.63) is 133 Å². The van der Waals surface area contributed by atoms with Gasteiger partial charge >= 0.3 is 36.1 Å². The van der Waals surface area contributed by atoms with E-state index in [2.05, 4.69) is 20.6 Å². The number of unbranched alkanes of at least 4 members (excludes halogenated alkanes) is 2. The van der Waals surface area contributed by atoms with Gasteiger partial charge in [0.05, 0.1) is 83.3 Å². The van der Waals surface area contributed by atoms with Gasteiger partial charge in [0.15, 0.2) is 47.6 Å². The van der Waals surface area contributed by atoms with Crippen molar-refractivity contribution < 1.29 is 109 Å². The number of aryl methyl sites for hydroxylation is 2. The second kappa shape index (κ2) is 44.3. The molecule has 6 fully saturated rings. The molecule has 0 bridgehead atoms. The van der Waals surface area contributed by atoms with Crippen LogP contribution in [-0.2, 0) is 98.7 Å². The number of hydrogen-bond acceptors (Lipinski definition) is 30. The first-order chi connectivity index (χ1) is 63.8. The number of anilines is 2. The average Bonchev–Trinajstić information content (AvgIpc) is 1.64. The molecule has 26 atom stereocenters. The minimum Gasteiger partial charge on any atom is -0.458 e. The Balaban J connectivity index is 0.000000260. The van der Waals surface area contributed by atoms with Gasteiger partial charge in [-0.25, -0.2) is 28.4 Å². The number of aromatic nitrogens is 6. The Morgan fingerprint density at radius 1 is 0.504 bits per heavy atom. The molecule has 135 heavy (non-hydrogen) atoms. The van der Waals surface area contributed by atoms with Crippen LogP contribution < -0.4 is 11.5 Å². The third-order valence-corrected chi connectivity index (χ3v) is 28.3. The Hall–Kier alpha value is -10.5. The van der Waals surface area contributed by atoms with E-state index in [0.29, 0.717) is 85.5 Å². The lowest BCUT2D eigenvalue weighted by Gasteiger charge is -2.48. The number of Topliss-reactive ketones (excluding diaryl/α,β-unsaturated/α-hetero) is 4. The Labute approximate surface area is 790 Å². The molecule has 34 nitrogen and oxygen atoms in total. The molecule has 0 aliphatic carbocycles. The fraction of sp³-hybridized carbons (Fsp3) is 0.620. The maximum atomic E-state index is 17.2. The van der Waals surface area contributed by atoms with E-state index in [1.807, 2.05) is 101 Å². The van der Waals surface area contributed by atoms with Crippen molar-refractivity contribution in [1.29, 1.82) is 0 Å². The van der Waals surface area contributed by atoms with Crippen molar-refractivity contribution in [3.8, 4) is 22.5 Å². The van der Waals surface area contributed by atoms with Gasteiger partial charge in [0.1, 0.15) is 41.1 Å². The van der Waals surface area contributed by atoms with Crippen LogP contribution in [0, 0.1) is 41.4 Å². The quantitative estimate of drug-likeness (QED) is 0.0167. The lowest BCUT2D eigenvalue weighted by atomic mass is 9.73. The molecule has 0 spiro atoms. The summed E-state index contributed by atoms with van der Waals surface area (Å²) in [6, 6.07) is 29.2. The van der Waals surface area contributed by atoms with Crippen molar-refractivity contribution in [1.82, 2.24) is 49.6 Å². The van der Waals surface area contributed by atoms with Gasteiger partial charge in [-0.15, -0.1) is 10.2 Å². The minimum atomic E-state index is -3.24. The number of esters is 4. The first-order valence-electron chi connectivity index (χ1n) is 47.1. The molecule has 12 rings (SSSR count). The number of likely N-dealkylation sites (N-methyl/N-ethyl adjacent to an activating group) is 2. The number of ether oxygens (including phenoxy) is 12. The third kappa shape index (κ3) is 23.3. The van der Waals surface area contributed by atoms with Crippen molar-refractivity contribution in [2.45, 2.75) is 302 Å². The lowest BCUT2D eigenvalue weighted by molar-refractivity contribution is -0.295. The number of ketones is 4. The number of carbonyl (C=O) groups is 10. The number of benzene rings is 4. The maximum absolute atomic E-state index is 17.2. The lowest BCUT2D eigenvalue weighted by Crippen LogP contribution is -2.62. The molecule has 2 aromatic heterocycles. The van der Waals surface area contributed by atoms with Gasteiger partial charge in [0.2, 0.25) is 0 Å². The van der Waals surface area contributed by atoms with Crippen molar-refractivity contribution >= 4 is 70.6 Å². The number of halogens is 1. The van der Waals surface area contributed by atoms with Crippen LogP contribution in [0.25, 0.3) is 22.5 Å². The van der Waals surface area contributed by atoms with Crippen LogP contribution in [0.4, 0.5) is 25.4 Å². The number of nitrogens with two attached hydrogens (primary N) is 2. The normalized spacial score (nSPS) is 33.6. The topological polar surface area (TPSA) is 408 Å². The highest BCUT2D eigenvalue weighted by atomic mass is 19.1. The van der Waals surface area contributed by atoms with Gasteiger partial charge in [-0.1, -0.05) is 126 Å². The standard InChI is InChI=1S/C50H69FN6O11.C50H70N6O11/c1-12-38-50(8)41(57(47(62)68-50)24-17-16-23-56-28-36(53-54-56)34-21-18-22-35(52)26-34)31(4)39(58)29(2)27-48(6,63-11)43(32(5)42(59)49(7,51)46(61)65-38)67-45-40(37(55(9)10)25-30(3)64-45)66-44(60)33-19-14-13-15-20-33;1-12-39-50(8)43(56(48(61)67-50)24-17-16-23-55-28-37(52-53-55)35-21-18-22-36(51)26-35)31(4)40(57)29(2)27-49(7,62-11)44(32(5)41(58)33(6)45(59)64-39)66-47-42(38(54(9)10)25-30(3)63-47)65-46(60)34-19-14-13-15-20-34/h13-15,18-22,26,28-32,37-38,40-41,43,45H,12,16-17,23-25,27,52H2,1-11H3;13-15,18-22,26,28-33,38-39,42-44,47H,12,16-17,23-25,27,51H2,1-11H3/t29-,30-,31+,32+,37+,38-,40-,41-,43-,45+,48+,49+,50-;29-,30-,31+,32+,33-,38+,39-,42-,43-,44-,47+,49+,50-/m11/s1. The van der Waals surface area contributed by atoms with Gasteiger partial charge in [-0.3, -0.25) is 33.3 Å². The monoisotopic (exact) mass is 1880 g/mol. The third-order valence-electron chi connectivity index (χ3n) is 28.3. The van der Waals surface area contributed by atoms with Crippen LogP contribution in [0.1, 0.15) is 196 Å². The summed E-state index contributed by atoms with van der Waals surface area (Å²) in [5, 5.41) is 17.1. The molecule has 6 aromatic rings. The van der Waals surface area contributed by atoms with Crippen molar-refractivity contribution in [2.75, 3.05) is 67.0 Å². The predicted molar refractivity (Wildman–Crippen MR) is 497 cm³/mol. The van der Waals surface area contributed by atoms with E-state index in [9.17, 15) is 47.9 Å². The van der Waals surface area contributed by atoms with E-state index in [1.54, 1.807) is 163 Å². The number of carbonyl (C=O) groups excluding carboxylic acids is 10. The van der Waals surface area contributed by atoms with Crippen LogP contribution in [0.3, 0.4) is 0 Å². The first kappa shape index (κ1) is 105. The number of alkyl halides is 1. The second-order valence-electron chi connectivity index (χ2n) is 38.9. The second-order valence-corrected chi connectivity index (χ2v) is 38.9. The van der Waals surface area contributed by atoms with Crippen molar-refractivity contribution in [2.24, 2.45) is 41.4 Å². The molecule has 2 amide bonds. The number of cyclic esters (lactones) is 2. The summed E-state index contributed by atoms with van der Waals surface area (Å²) in [5.41, 5.74) is 7.60. The Kier molecular flexibility index (Phi) is 34.4. The molecule has 35 heteroatoms. The highest BCUT2D eigenvalue weighted by molar-refractivity contribution is 6.08. The van der Waals surface area contributed by atoms with Gasteiger partial charge < -0.3 is 87.9 Å². The minimum absolute atomic E-state index is 0.0542. The van der Waals surface area contributed by atoms with Crippen LogP contribution in [-0.4, -0.2) is 278 Å². The van der Waals surface area contributed by atoms with E-state index in [1.165, 1.54) is 33.0 Å². The number of nitrogens with zero attached hydrogens (tertiary/aromatic N) is 10. The van der Waals surface area contributed by atoms with Crippen LogP contribution in [0.15, 0.2) is 122 Å². The van der Waals surface area contributed by atoms with Crippen LogP contribution in [0.5, 0.6) is 0 Å². The van der Waals surface area contributed by atoms with Gasteiger partial charge in [0, 0.05) is 98.4 Å². The van der Waals surface area contributed by atoms with Gasteiger partial charge in [-0.2, -0.15) is 0 Å². The molecule has 0 radical (unpaired) electrons. The highest BCUT2D eigenvalue weighted by Gasteiger charge is 2.64. The molecule has 6 aliphatic heterocycles. The van der Waals surface area contributed by atoms with Gasteiger partial charge in [0.25, 0.3) is 5.67 Å². The summed E-state index contributed by atoms with van der Waals surface area (Å²) >= 11 is 0. The number of methoxy groups -OCH3 is 2. The number of hydrogen-bond donors (Lipinski definition) is 2. The fourth-order valence-electron chi connectivity index (χ4n) is 20.8. The maximum Gasteiger partial charge on any atom is 0.410 e. The Bertz CT molecular complexity index is 5120. The Morgan fingerprint density at radius 2 is 0.889 bits per heavy atom. The zero-order chi connectivity index (χ0) is 98.8. The summed E-state index contributed by atoms with van der Waals surface area (Å²) in [7, 11) is 10.3. The molecular formula is C100H139FN12O22. The summed E-state index contributed by atoms with van der Waals surface area (Å²) in [5.74, 6) is -12.6. The van der Waals surface area contributed by atoms with E-state index < -0.39 is 191 Å². The fourth-order valence-corrected chi connectivity index (χ4v) is 20.8. The molecule has 4 aromatic carbocycles. The largest absolute Gasteiger partial charge is 0.458 e. The van der Waals surface area contributed by atoms with Crippen molar-refractivity contribution in [3.63, 3.8) is 0 Å². The molecule has 8 heterocycles. The van der Waals surface area contributed by atoms with E-state index >= 15 is 4.39 Å². The number of rotatable bonds is 26. The first-order valence-corrected chi connectivity index (χ1v) is 47.1. The zero-order valence-corrected chi connectivity index (χ0v) is 82.1. The number of fused-ring (bicyclic) bond motifs is 2. The smallest absolute Gasteiger partial charge is 0.410 e. The summed E-state index contributed by atoms with van der Waals surface area (Å²) in [6.07, 6.45) is -4.29. The summed E-state index contributed by atoms with van der Waals surface area (Å²) in [6.45, 7) is 27.7. The van der Waals surface area contributed by atoms with E-state index in [-0.39, 0.29) is 62.5 Å². The van der Waals surface area contributed by atoms with Crippen LogP contribution >= 0.6 is 0 Å². The summed E-state index contributed by atoms with van der Waals surface area (Å²) < 4.78 is 96.5. The van der Waals surface area contributed by atoms with Crippen LogP contribution in [0.2, 0.25) is 0 Å². The number of nitrogen functional groups attached to an aromatic ring is 2. The van der Waals surface area contributed by atoms with E-state index in [0.717, 1.165) is 18.1 Å². The summed E-state index contributed by atoms with van der Waals surface area (Å²) in [4.78, 5) is 150. The zero-order valence-electron chi connectivity index (χ0n) is 82.1. The SMILES string of the molecule is CC[C@H]1OC(=O)[C@@](C)(F)C(=O)[C@H](C)[C@@H](O[C@@H]2O[C@H](C)C[C@H](N(C)C)[C@H]2OC(=O)c2ccccc2)[C@@](C)(OC)C[C@@H](C)C(=O)[C@H](C)[C@H]2N(CCCCn3cc(-c4cccc(N)c4)nn3)C(=O)O[C@]12C.CC[C@H]1OC(=O)[C@H](C)C(=O)[C@H](C)[C@@H](O[C@@H]2O[C@H](C)C[C@H](N(C)C)[C@H]2OC(=O)c2ccccc2)[C@@](C)(OC)C[C@@H](C)C(=O)[C@H](C)[C@H]2N(CCCCn3cc(-c4cccc(N)c4)nn3)C(=O)O[C@]12C. The highest BCUT2D eigenvalue weighted by Crippen LogP contribution is 2.48. The predicted octanol–water partition coefficient (Wildman–Crippen LogP) is 12.8. The molecule has 0 saturated carbocycles. The average molecular weight is 1880 g/mol. The molecule has 6 saturated heterocycles. The van der Waals surface area contributed by atoms with E-state index in [4.69, 9.17) is 68.3 Å². The molecule has 0 unspecified atom stereocenters. The molecule has 4 N–H and O–H groups in total. The Morgan fingerprint density at radius 3 is 1.27 bits per heavy atom. The molecule has 738 valence electrons. The number of amides is 2.